The van der Waals surface area contributed by atoms with Crippen LogP contribution in [0.1, 0.15) is 12.1 Å². The van der Waals surface area contributed by atoms with Crippen LogP contribution >= 0.6 is 0 Å². The average molecular weight is 239 g/mol. The van der Waals surface area contributed by atoms with Gasteiger partial charge in [0.15, 0.2) is 0 Å². The highest BCUT2D eigenvalue weighted by Gasteiger charge is 2.31. The van der Waals surface area contributed by atoms with E-state index in [0.717, 1.165) is 25.9 Å². The number of aryl methyl sites for hydroxylation is 1. The molecule has 0 amide bonds. The maximum Gasteiger partial charge on any atom is 0.0714 e. The van der Waals surface area contributed by atoms with E-state index in [0.29, 0.717) is 0 Å². The van der Waals surface area contributed by atoms with Crippen LogP contribution in [0.4, 0.5) is 0 Å². The second kappa shape index (κ2) is 5.62. The van der Waals surface area contributed by atoms with E-state index in [9.17, 15) is 5.11 Å². The van der Waals surface area contributed by atoms with Gasteiger partial charge in [-0.05, 0) is 12.5 Å². The summed E-state index contributed by atoms with van der Waals surface area (Å²) in [6, 6.07) is 2.28. The zero-order valence-electron chi connectivity index (χ0n) is 10.5. The Morgan fingerprint density at radius 1 is 1.59 bits per heavy atom. The molecule has 0 bridgehead atoms. The van der Waals surface area contributed by atoms with Crippen LogP contribution < -0.4 is 0 Å². The van der Waals surface area contributed by atoms with Crippen molar-refractivity contribution in [2.24, 2.45) is 7.05 Å². The molecule has 2 heterocycles. The Kier molecular flexibility index (Phi) is 4.15. The van der Waals surface area contributed by atoms with Crippen LogP contribution in [-0.2, 0) is 18.2 Å². The second-order valence-electron chi connectivity index (χ2n) is 4.62. The molecule has 0 aromatic carbocycles. The van der Waals surface area contributed by atoms with Crippen molar-refractivity contribution in [3.8, 4) is 0 Å². The molecule has 2 atom stereocenters. The average Bonchev–Trinajstić information content (AvgIpc) is 2.92. The van der Waals surface area contributed by atoms with Crippen molar-refractivity contribution in [2.75, 3.05) is 26.8 Å². The minimum Gasteiger partial charge on any atom is -0.395 e. The van der Waals surface area contributed by atoms with Crippen LogP contribution in [0.3, 0.4) is 0 Å². The smallest absolute Gasteiger partial charge is 0.0714 e. The fraction of sp³-hybridized carbons (Fsp3) is 0.750. The van der Waals surface area contributed by atoms with Gasteiger partial charge in [-0.15, -0.1) is 0 Å². The highest BCUT2D eigenvalue weighted by molar-refractivity contribution is 5.01. The fourth-order valence-electron chi connectivity index (χ4n) is 2.48. The number of aliphatic hydroxyl groups is 1. The molecular formula is C12H21N3O2. The van der Waals surface area contributed by atoms with Crippen LogP contribution in [0.2, 0.25) is 0 Å². The first-order valence-corrected chi connectivity index (χ1v) is 6.09. The van der Waals surface area contributed by atoms with Gasteiger partial charge in [0.25, 0.3) is 0 Å². The summed E-state index contributed by atoms with van der Waals surface area (Å²) in [6.07, 6.45) is 3.97. The summed E-state index contributed by atoms with van der Waals surface area (Å²) < 4.78 is 7.26. The quantitative estimate of drug-likeness (QED) is 0.788. The predicted molar refractivity (Wildman–Crippen MR) is 64.8 cm³/mol. The van der Waals surface area contributed by atoms with Crippen LogP contribution in [0.5, 0.6) is 0 Å². The molecular weight excluding hydrogens is 218 g/mol. The molecule has 2 rings (SSSR count). The Morgan fingerprint density at radius 3 is 3.00 bits per heavy atom. The Labute approximate surface area is 102 Å². The van der Waals surface area contributed by atoms with Gasteiger partial charge in [-0.2, -0.15) is 5.10 Å². The maximum atomic E-state index is 9.35. The van der Waals surface area contributed by atoms with Crippen molar-refractivity contribution in [1.82, 2.24) is 14.7 Å². The number of ether oxygens (including phenoxy) is 1. The zero-order chi connectivity index (χ0) is 12.3. The molecule has 1 aliphatic rings. The Bertz CT molecular complexity index is 353. The van der Waals surface area contributed by atoms with E-state index >= 15 is 0 Å². The summed E-state index contributed by atoms with van der Waals surface area (Å²) in [5.41, 5.74) is 1.22. The van der Waals surface area contributed by atoms with Gasteiger partial charge in [-0.1, -0.05) is 0 Å². The molecule has 0 unspecified atom stereocenters. The molecule has 1 aromatic rings. The lowest BCUT2D eigenvalue weighted by Gasteiger charge is -2.22. The predicted octanol–water partition coefficient (Wildman–Crippen LogP) is 0.0442. The number of aliphatic hydroxyl groups excluding tert-OH is 1. The molecule has 1 fully saturated rings. The third-order valence-corrected chi connectivity index (χ3v) is 3.61. The van der Waals surface area contributed by atoms with Crippen LogP contribution in [0.25, 0.3) is 0 Å². The van der Waals surface area contributed by atoms with Crippen LogP contribution in [0.15, 0.2) is 12.3 Å². The SMILES string of the molecule is CO[C@@H]1C[C@@H](CO)N(CCc2ccnn2C)C1. The Hall–Kier alpha value is -0.910. The monoisotopic (exact) mass is 239 g/mol. The van der Waals surface area contributed by atoms with Gasteiger partial charge in [0.1, 0.15) is 0 Å². The number of rotatable bonds is 5. The molecule has 1 aromatic heterocycles. The van der Waals surface area contributed by atoms with Gasteiger partial charge in [0, 0.05) is 51.6 Å². The number of hydrogen-bond acceptors (Lipinski definition) is 4. The van der Waals surface area contributed by atoms with Crippen molar-refractivity contribution in [1.29, 1.82) is 0 Å². The van der Waals surface area contributed by atoms with Gasteiger partial charge in [-0.3, -0.25) is 9.58 Å². The van der Waals surface area contributed by atoms with Crippen LogP contribution in [0, 0.1) is 0 Å². The fourth-order valence-corrected chi connectivity index (χ4v) is 2.48. The first-order chi connectivity index (χ1) is 8.24. The number of methoxy groups -OCH3 is 1. The molecule has 1 saturated heterocycles. The van der Waals surface area contributed by atoms with Gasteiger partial charge < -0.3 is 9.84 Å². The summed E-state index contributed by atoms with van der Waals surface area (Å²) in [6.45, 7) is 2.08. The standard InChI is InChI=1S/C12H21N3O2/c1-14-10(3-5-13-14)4-6-15-8-12(17-2)7-11(15)9-16/h3,5,11-12,16H,4,6-9H2,1-2H3/t11-,12+/m0/s1. The van der Waals surface area contributed by atoms with Crippen LogP contribution in [-0.4, -0.2) is 58.7 Å². The van der Waals surface area contributed by atoms with E-state index < -0.39 is 0 Å². The minimum absolute atomic E-state index is 0.214. The lowest BCUT2D eigenvalue weighted by atomic mass is 10.2. The molecule has 5 heteroatoms. The third kappa shape index (κ3) is 2.86. The Morgan fingerprint density at radius 2 is 2.41 bits per heavy atom. The lowest BCUT2D eigenvalue weighted by Crippen LogP contribution is -2.34. The van der Waals surface area contributed by atoms with E-state index in [1.54, 1.807) is 7.11 Å². The highest BCUT2D eigenvalue weighted by atomic mass is 16.5. The summed E-state index contributed by atoms with van der Waals surface area (Å²) >= 11 is 0. The van der Waals surface area contributed by atoms with E-state index in [1.165, 1.54) is 5.69 Å². The van der Waals surface area contributed by atoms with Gasteiger partial charge in [-0.25, -0.2) is 0 Å². The molecule has 96 valence electrons. The normalized spacial score (nSPS) is 25.6. The Balaban J connectivity index is 1.88. The number of hydrogen-bond donors (Lipinski definition) is 1. The van der Waals surface area contributed by atoms with Gasteiger partial charge in [0.2, 0.25) is 0 Å². The summed E-state index contributed by atoms with van der Waals surface area (Å²) in [4.78, 5) is 2.31. The third-order valence-electron chi connectivity index (χ3n) is 3.61. The van der Waals surface area contributed by atoms with E-state index in [4.69, 9.17) is 4.74 Å². The summed E-state index contributed by atoms with van der Waals surface area (Å²) in [7, 11) is 3.70. The van der Waals surface area contributed by atoms with Gasteiger partial charge >= 0.3 is 0 Å². The van der Waals surface area contributed by atoms with Gasteiger partial charge in [0.05, 0.1) is 12.7 Å². The van der Waals surface area contributed by atoms with E-state index in [2.05, 4.69) is 10.00 Å². The van der Waals surface area contributed by atoms with E-state index in [1.807, 2.05) is 24.0 Å². The number of likely N-dealkylation sites (tertiary alicyclic amines) is 1. The molecule has 17 heavy (non-hydrogen) atoms. The van der Waals surface area contributed by atoms with Crippen molar-refractivity contribution >= 4 is 0 Å². The van der Waals surface area contributed by atoms with Crippen molar-refractivity contribution < 1.29 is 9.84 Å². The molecule has 0 saturated carbocycles. The highest BCUT2D eigenvalue weighted by Crippen LogP contribution is 2.19. The first-order valence-electron chi connectivity index (χ1n) is 6.09. The maximum absolute atomic E-state index is 9.35. The summed E-state index contributed by atoms with van der Waals surface area (Å²) in [5, 5.41) is 13.5. The van der Waals surface area contributed by atoms with Crippen molar-refractivity contribution in [3.63, 3.8) is 0 Å². The number of aromatic nitrogens is 2. The zero-order valence-corrected chi connectivity index (χ0v) is 10.5. The molecule has 1 N–H and O–H groups in total. The summed E-state index contributed by atoms with van der Waals surface area (Å²) in [5.74, 6) is 0. The largest absolute Gasteiger partial charge is 0.395 e. The number of nitrogens with zero attached hydrogens (tertiary/aromatic N) is 3. The van der Waals surface area contributed by atoms with Crippen molar-refractivity contribution in [2.45, 2.75) is 25.0 Å². The molecule has 1 aliphatic heterocycles. The minimum atomic E-state index is 0.214. The topological polar surface area (TPSA) is 50.5 Å². The molecule has 0 aliphatic carbocycles. The first kappa shape index (κ1) is 12.5. The lowest BCUT2D eigenvalue weighted by molar-refractivity contribution is 0.108. The molecule has 0 spiro atoms. The van der Waals surface area contributed by atoms with E-state index in [-0.39, 0.29) is 18.8 Å². The molecule has 0 radical (unpaired) electrons. The molecule has 5 nitrogen and oxygen atoms in total. The van der Waals surface area contributed by atoms with Crippen molar-refractivity contribution in [3.05, 3.63) is 18.0 Å². The second-order valence-corrected chi connectivity index (χ2v) is 4.62.